The first kappa shape index (κ1) is 17.0. The standard InChI is InChI=1S/C16H15FN2O3S2/c17-14-1-2-16(12(5-14)6-18)24(21,22)19-7-13(9-20)15(8-19)11-3-4-23-10-11/h1-5,10,13,15,20H,7-9H2. The van der Waals surface area contributed by atoms with Gasteiger partial charge in [0, 0.05) is 31.5 Å². The van der Waals surface area contributed by atoms with Crippen LogP contribution in [0.1, 0.15) is 17.0 Å². The number of aliphatic hydroxyl groups is 1. The SMILES string of the molecule is N#Cc1cc(F)ccc1S(=O)(=O)N1CC(CO)C(c2ccsc2)C1. The smallest absolute Gasteiger partial charge is 0.244 e. The van der Waals surface area contributed by atoms with Gasteiger partial charge in [-0.05, 0) is 40.6 Å². The maximum Gasteiger partial charge on any atom is 0.244 e. The summed E-state index contributed by atoms with van der Waals surface area (Å²) in [5.74, 6) is -0.960. The van der Waals surface area contributed by atoms with E-state index >= 15 is 0 Å². The highest BCUT2D eigenvalue weighted by molar-refractivity contribution is 7.89. The van der Waals surface area contributed by atoms with Crippen molar-refractivity contribution < 1.29 is 17.9 Å². The molecule has 0 spiro atoms. The van der Waals surface area contributed by atoms with E-state index in [0.29, 0.717) is 0 Å². The van der Waals surface area contributed by atoms with Crippen molar-refractivity contribution in [2.75, 3.05) is 19.7 Å². The Balaban J connectivity index is 1.96. The zero-order chi connectivity index (χ0) is 17.3. The molecule has 0 bridgehead atoms. The van der Waals surface area contributed by atoms with Gasteiger partial charge in [0.15, 0.2) is 0 Å². The molecule has 0 radical (unpaired) electrons. The van der Waals surface area contributed by atoms with Crippen LogP contribution in [-0.4, -0.2) is 37.5 Å². The fourth-order valence-corrected chi connectivity index (χ4v) is 5.40. The van der Waals surface area contributed by atoms with E-state index in [1.165, 1.54) is 15.6 Å². The quantitative estimate of drug-likeness (QED) is 0.899. The summed E-state index contributed by atoms with van der Waals surface area (Å²) in [6.07, 6.45) is 0. The second-order valence-electron chi connectivity index (χ2n) is 5.68. The zero-order valence-electron chi connectivity index (χ0n) is 12.6. The van der Waals surface area contributed by atoms with E-state index in [4.69, 9.17) is 5.26 Å². The Bertz CT molecular complexity index is 875. The number of thiophene rings is 1. The minimum Gasteiger partial charge on any atom is -0.396 e. The van der Waals surface area contributed by atoms with Crippen LogP contribution in [0.2, 0.25) is 0 Å². The van der Waals surface area contributed by atoms with Gasteiger partial charge >= 0.3 is 0 Å². The molecule has 1 aromatic carbocycles. The third-order valence-electron chi connectivity index (χ3n) is 4.29. The lowest BCUT2D eigenvalue weighted by Crippen LogP contribution is -2.30. The summed E-state index contributed by atoms with van der Waals surface area (Å²) in [5, 5.41) is 22.6. The monoisotopic (exact) mass is 366 g/mol. The predicted molar refractivity (Wildman–Crippen MR) is 87.5 cm³/mol. The average molecular weight is 366 g/mol. The molecule has 24 heavy (non-hydrogen) atoms. The van der Waals surface area contributed by atoms with E-state index in [0.717, 1.165) is 23.8 Å². The van der Waals surface area contributed by atoms with Crippen molar-refractivity contribution >= 4 is 21.4 Å². The van der Waals surface area contributed by atoms with Crippen LogP contribution in [0.5, 0.6) is 0 Å². The van der Waals surface area contributed by atoms with Gasteiger partial charge in [-0.25, -0.2) is 12.8 Å². The number of halogens is 1. The molecule has 1 N–H and O–H groups in total. The van der Waals surface area contributed by atoms with Crippen LogP contribution >= 0.6 is 11.3 Å². The number of hydrogen-bond acceptors (Lipinski definition) is 5. The van der Waals surface area contributed by atoms with Gasteiger partial charge in [-0.1, -0.05) is 0 Å². The van der Waals surface area contributed by atoms with E-state index in [1.807, 2.05) is 16.8 Å². The van der Waals surface area contributed by atoms with E-state index in [9.17, 15) is 17.9 Å². The topological polar surface area (TPSA) is 81.4 Å². The number of rotatable bonds is 4. The minimum absolute atomic E-state index is 0.0954. The zero-order valence-corrected chi connectivity index (χ0v) is 14.2. The van der Waals surface area contributed by atoms with Crippen molar-refractivity contribution in [1.82, 2.24) is 4.31 Å². The molecule has 2 heterocycles. The van der Waals surface area contributed by atoms with Crippen molar-refractivity contribution in [1.29, 1.82) is 5.26 Å². The number of nitrogens with zero attached hydrogens (tertiary/aromatic N) is 2. The van der Waals surface area contributed by atoms with Crippen molar-refractivity contribution in [2.45, 2.75) is 10.8 Å². The first-order valence-corrected chi connectivity index (χ1v) is 9.68. The fraction of sp³-hybridized carbons (Fsp3) is 0.312. The molecule has 5 nitrogen and oxygen atoms in total. The van der Waals surface area contributed by atoms with E-state index in [-0.39, 0.29) is 42.0 Å². The molecule has 1 fully saturated rings. The summed E-state index contributed by atoms with van der Waals surface area (Å²) < 4.78 is 40.3. The molecule has 3 rings (SSSR count). The Labute approximate surface area is 143 Å². The van der Waals surface area contributed by atoms with Crippen molar-refractivity contribution in [3.05, 3.63) is 52.0 Å². The highest BCUT2D eigenvalue weighted by Crippen LogP contribution is 2.36. The number of aliphatic hydroxyl groups excluding tert-OH is 1. The maximum atomic E-state index is 13.3. The van der Waals surface area contributed by atoms with Gasteiger partial charge in [0.25, 0.3) is 0 Å². The molecule has 1 saturated heterocycles. The van der Waals surface area contributed by atoms with Crippen LogP contribution in [0.4, 0.5) is 4.39 Å². The fourth-order valence-electron chi connectivity index (χ4n) is 3.03. The van der Waals surface area contributed by atoms with E-state index < -0.39 is 15.8 Å². The minimum atomic E-state index is -3.93. The van der Waals surface area contributed by atoms with Crippen LogP contribution in [0.3, 0.4) is 0 Å². The second-order valence-corrected chi connectivity index (χ2v) is 8.37. The van der Waals surface area contributed by atoms with Crippen LogP contribution in [0.15, 0.2) is 39.9 Å². The molecule has 0 aliphatic carbocycles. The Kier molecular flexibility index (Phi) is 4.69. The van der Waals surface area contributed by atoms with Crippen LogP contribution < -0.4 is 0 Å². The van der Waals surface area contributed by atoms with Crippen molar-refractivity contribution in [2.24, 2.45) is 5.92 Å². The summed E-state index contributed by atoms with van der Waals surface area (Å²) in [4.78, 5) is -0.200. The Morgan fingerprint density at radius 1 is 1.38 bits per heavy atom. The van der Waals surface area contributed by atoms with Crippen molar-refractivity contribution in [3.63, 3.8) is 0 Å². The van der Waals surface area contributed by atoms with Gasteiger partial charge in [0.1, 0.15) is 16.8 Å². The molecular weight excluding hydrogens is 351 g/mol. The van der Waals surface area contributed by atoms with Gasteiger partial charge < -0.3 is 5.11 Å². The molecule has 1 aliphatic rings. The molecule has 2 aromatic rings. The summed E-state index contributed by atoms with van der Waals surface area (Å²) >= 11 is 1.52. The number of benzene rings is 1. The summed E-state index contributed by atoms with van der Waals surface area (Å²) in [6.45, 7) is 0.273. The van der Waals surface area contributed by atoms with Gasteiger partial charge in [0.05, 0.1) is 5.56 Å². The molecule has 8 heteroatoms. The molecule has 1 aliphatic heterocycles. The third kappa shape index (κ3) is 2.96. The predicted octanol–water partition coefficient (Wildman–Crippen LogP) is 2.16. The Morgan fingerprint density at radius 2 is 2.17 bits per heavy atom. The Hall–Kier alpha value is -1.79. The lowest BCUT2D eigenvalue weighted by atomic mass is 9.92. The van der Waals surface area contributed by atoms with Gasteiger partial charge in [-0.15, -0.1) is 0 Å². The molecule has 126 valence electrons. The van der Waals surface area contributed by atoms with E-state index in [1.54, 1.807) is 6.07 Å². The van der Waals surface area contributed by atoms with Crippen molar-refractivity contribution in [3.8, 4) is 6.07 Å². The second kappa shape index (κ2) is 6.61. The summed E-state index contributed by atoms with van der Waals surface area (Å²) in [6, 6.07) is 6.73. The third-order valence-corrected chi connectivity index (χ3v) is 6.88. The van der Waals surface area contributed by atoms with Gasteiger partial charge in [0.2, 0.25) is 10.0 Å². The maximum absolute atomic E-state index is 13.3. The van der Waals surface area contributed by atoms with Crippen LogP contribution in [0.25, 0.3) is 0 Å². The number of nitriles is 1. The van der Waals surface area contributed by atoms with Gasteiger partial charge in [-0.3, -0.25) is 0 Å². The summed E-state index contributed by atoms with van der Waals surface area (Å²) in [7, 11) is -3.93. The summed E-state index contributed by atoms with van der Waals surface area (Å²) in [5.41, 5.74) is 0.783. The van der Waals surface area contributed by atoms with Gasteiger partial charge in [-0.2, -0.15) is 20.9 Å². The lowest BCUT2D eigenvalue weighted by Gasteiger charge is -2.17. The number of hydrogen-bond donors (Lipinski definition) is 1. The molecule has 1 aromatic heterocycles. The molecule has 0 amide bonds. The molecule has 2 atom stereocenters. The molecule has 0 saturated carbocycles. The first-order valence-electron chi connectivity index (χ1n) is 7.30. The lowest BCUT2D eigenvalue weighted by molar-refractivity contribution is 0.223. The van der Waals surface area contributed by atoms with Crippen LogP contribution in [0, 0.1) is 23.1 Å². The van der Waals surface area contributed by atoms with Crippen LogP contribution in [-0.2, 0) is 10.0 Å². The average Bonchev–Trinajstić information content (AvgIpc) is 3.23. The highest BCUT2D eigenvalue weighted by Gasteiger charge is 2.40. The molecule has 2 unspecified atom stereocenters. The highest BCUT2D eigenvalue weighted by atomic mass is 32.2. The first-order chi connectivity index (χ1) is 11.5. The normalized spacial score (nSPS) is 21.7. The van der Waals surface area contributed by atoms with E-state index in [2.05, 4.69) is 0 Å². The largest absolute Gasteiger partial charge is 0.396 e. The molecular formula is C16H15FN2O3S2. The Morgan fingerprint density at radius 3 is 2.79 bits per heavy atom. The number of sulfonamides is 1.